The lowest BCUT2D eigenvalue weighted by molar-refractivity contribution is -0.126. The van der Waals surface area contributed by atoms with Crippen LogP contribution < -0.4 is 10.9 Å². The van der Waals surface area contributed by atoms with Crippen LogP contribution in [0.4, 0.5) is 0 Å². The number of rotatable bonds is 4. The highest BCUT2D eigenvalue weighted by Gasteiger charge is 2.12. The lowest BCUT2D eigenvalue weighted by atomic mass is 10.2. The zero-order chi connectivity index (χ0) is 16.1. The smallest absolute Gasteiger partial charge is 0.248 e. The fraction of sp³-hybridized carbons (Fsp3) is 0.231. The summed E-state index contributed by atoms with van der Waals surface area (Å²) in [5.41, 5.74) is 5.39. The Hall–Kier alpha value is -2.06. The standard InChI is InChI=1S/C13H14ClN5O2S/c1-8(20)15-16-11(21)7-22-13-18-17-12(19(13)2)9-3-5-10(14)6-4-9/h3-6H,7H2,1-2H3,(H,15,20)(H,16,21). The van der Waals surface area contributed by atoms with Crippen molar-refractivity contribution in [2.24, 2.45) is 7.05 Å². The summed E-state index contributed by atoms with van der Waals surface area (Å²) in [6.07, 6.45) is 0. The maximum absolute atomic E-state index is 11.5. The molecule has 2 rings (SSSR count). The summed E-state index contributed by atoms with van der Waals surface area (Å²) < 4.78 is 1.79. The van der Waals surface area contributed by atoms with E-state index in [-0.39, 0.29) is 17.6 Å². The molecule has 2 amide bonds. The Labute approximate surface area is 136 Å². The molecule has 7 nitrogen and oxygen atoms in total. The van der Waals surface area contributed by atoms with E-state index in [0.29, 0.717) is 16.0 Å². The van der Waals surface area contributed by atoms with E-state index in [1.165, 1.54) is 18.7 Å². The van der Waals surface area contributed by atoms with Crippen LogP contribution in [0.1, 0.15) is 6.92 Å². The molecular weight excluding hydrogens is 326 g/mol. The number of aromatic nitrogens is 3. The third-order valence-corrected chi connectivity index (χ3v) is 3.92. The van der Waals surface area contributed by atoms with Crippen molar-refractivity contribution in [2.75, 3.05) is 5.75 Å². The largest absolute Gasteiger partial charge is 0.305 e. The third kappa shape index (κ3) is 4.22. The molecule has 0 radical (unpaired) electrons. The molecule has 0 aliphatic carbocycles. The molecule has 1 aromatic heterocycles. The molecule has 0 aliphatic rings. The summed E-state index contributed by atoms with van der Waals surface area (Å²) in [7, 11) is 1.82. The highest BCUT2D eigenvalue weighted by molar-refractivity contribution is 7.99. The van der Waals surface area contributed by atoms with Gasteiger partial charge in [-0.2, -0.15) is 0 Å². The average molecular weight is 340 g/mol. The number of thioether (sulfide) groups is 1. The second kappa shape index (κ2) is 7.28. The normalized spacial score (nSPS) is 10.3. The number of hydrogen-bond donors (Lipinski definition) is 2. The van der Waals surface area contributed by atoms with Crippen LogP contribution in [0.2, 0.25) is 5.02 Å². The molecule has 2 N–H and O–H groups in total. The summed E-state index contributed by atoms with van der Waals surface area (Å²) >= 11 is 7.08. The van der Waals surface area contributed by atoms with E-state index >= 15 is 0 Å². The lowest BCUT2D eigenvalue weighted by Crippen LogP contribution is -2.41. The zero-order valence-corrected chi connectivity index (χ0v) is 13.5. The highest BCUT2D eigenvalue weighted by Crippen LogP contribution is 2.23. The minimum absolute atomic E-state index is 0.118. The van der Waals surface area contributed by atoms with Crippen LogP contribution in [0.5, 0.6) is 0 Å². The summed E-state index contributed by atoms with van der Waals surface area (Å²) in [6, 6.07) is 7.26. The number of carbonyl (C=O) groups is 2. The lowest BCUT2D eigenvalue weighted by Gasteiger charge is -2.05. The van der Waals surface area contributed by atoms with Crippen molar-refractivity contribution in [1.29, 1.82) is 0 Å². The van der Waals surface area contributed by atoms with Crippen LogP contribution in [0.15, 0.2) is 29.4 Å². The van der Waals surface area contributed by atoms with Gasteiger partial charge in [-0.25, -0.2) is 0 Å². The first-order valence-electron chi connectivity index (χ1n) is 6.31. The van der Waals surface area contributed by atoms with Gasteiger partial charge >= 0.3 is 0 Å². The first-order valence-corrected chi connectivity index (χ1v) is 7.67. The Bertz CT molecular complexity index is 686. The van der Waals surface area contributed by atoms with Crippen LogP contribution in [-0.4, -0.2) is 32.3 Å². The number of hydrogen-bond acceptors (Lipinski definition) is 5. The van der Waals surface area contributed by atoms with Crippen molar-refractivity contribution >= 4 is 35.2 Å². The van der Waals surface area contributed by atoms with Crippen LogP contribution >= 0.6 is 23.4 Å². The van der Waals surface area contributed by atoms with Gasteiger partial charge < -0.3 is 4.57 Å². The molecule has 2 aromatic rings. The molecular formula is C13H14ClN5O2S. The topological polar surface area (TPSA) is 88.9 Å². The van der Waals surface area contributed by atoms with E-state index in [1.54, 1.807) is 16.7 Å². The predicted octanol–water partition coefficient (Wildman–Crippen LogP) is 1.39. The number of nitrogens with zero attached hydrogens (tertiary/aromatic N) is 3. The number of carbonyl (C=O) groups excluding carboxylic acids is 2. The monoisotopic (exact) mass is 339 g/mol. The Morgan fingerprint density at radius 3 is 2.55 bits per heavy atom. The van der Waals surface area contributed by atoms with Gasteiger partial charge in [0.05, 0.1) is 5.75 Å². The number of benzene rings is 1. The van der Waals surface area contributed by atoms with E-state index in [0.717, 1.165) is 5.56 Å². The number of nitrogens with one attached hydrogen (secondary N) is 2. The van der Waals surface area contributed by atoms with Gasteiger partial charge in [-0.15, -0.1) is 10.2 Å². The highest BCUT2D eigenvalue weighted by atomic mass is 35.5. The molecule has 0 atom stereocenters. The minimum Gasteiger partial charge on any atom is -0.305 e. The molecule has 22 heavy (non-hydrogen) atoms. The quantitative estimate of drug-likeness (QED) is 0.649. The summed E-state index contributed by atoms with van der Waals surface area (Å²) in [6.45, 7) is 1.31. The number of amides is 2. The molecule has 0 bridgehead atoms. The summed E-state index contributed by atoms with van der Waals surface area (Å²) in [4.78, 5) is 22.2. The zero-order valence-electron chi connectivity index (χ0n) is 12.0. The Balaban J connectivity index is 2.00. The average Bonchev–Trinajstić information content (AvgIpc) is 2.85. The second-order valence-corrected chi connectivity index (χ2v) is 5.77. The molecule has 116 valence electrons. The van der Waals surface area contributed by atoms with Crippen molar-refractivity contribution < 1.29 is 9.59 Å². The van der Waals surface area contributed by atoms with Gasteiger partial charge in [0, 0.05) is 24.6 Å². The minimum atomic E-state index is -0.331. The van der Waals surface area contributed by atoms with Gasteiger partial charge in [0.25, 0.3) is 0 Å². The van der Waals surface area contributed by atoms with E-state index < -0.39 is 0 Å². The van der Waals surface area contributed by atoms with Gasteiger partial charge in [-0.1, -0.05) is 23.4 Å². The maximum atomic E-state index is 11.5. The number of halogens is 1. The molecule has 0 fully saturated rings. The van der Waals surface area contributed by atoms with Gasteiger partial charge in [-0.3, -0.25) is 20.4 Å². The maximum Gasteiger partial charge on any atom is 0.248 e. The molecule has 0 saturated carbocycles. The molecule has 1 heterocycles. The van der Waals surface area contributed by atoms with Crippen molar-refractivity contribution in [1.82, 2.24) is 25.6 Å². The van der Waals surface area contributed by atoms with E-state index in [9.17, 15) is 9.59 Å². The van der Waals surface area contributed by atoms with Crippen molar-refractivity contribution in [3.8, 4) is 11.4 Å². The predicted molar refractivity (Wildman–Crippen MR) is 84.1 cm³/mol. The van der Waals surface area contributed by atoms with Crippen molar-refractivity contribution in [3.05, 3.63) is 29.3 Å². The molecule has 0 spiro atoms. The van der Waals surface area contributed by atoms with Crippen LogP contribution in [0.25, 0.3) is 11.4 Å². The molecule has 0 aliphatic heterocycles. The van der Waals surface area contributed by atoms with E-state index in [1.807, 2.05) is 19.2 Å². The molecule has 0 unspecified atom stereocenters. The Morgan fingerprint density at radius 1 is 1.23 bits per heavy atom. The molecule has 1 aromatic carbocycles. The van der Waals surface area contributed by atoms with Crippen molar-refractivity contribution in [2.45, 2.75) is 12.1 Å². The van der Waals surface area contributed by atoms with E-state index in [4.69, 9.17) is 11.6 Å². The van der Waals surface area contributed by atoms with Crippen LogP contribution in [0, 0.1) is 0 Å². The molecule has 9 heteroatoms. The SMILES string of the molecule is CC(=O)NNC(=O)CSc1nnc(-c2ccc(Cl)cc2)n1C. The Morgan fingerprint density at radius 2 is 1.91 bits per heavy atom. The van der Waals surface area contributed by atoms with Gasteiger partial charge in [-0.05, 0) is 24.3 Å². The fourth-order valence-corrected chi connectivity index (χ4v) is 2.45. The van der Waals surface area contributed by atoms with Crippen LogP contribution in [0.3, 0.4) is 0 Å². The summed E-state index contributed by atoms with van der Waals surface area (Å²) in [5, 5.41) is 9.42. The third-order valence-electron chi connectivity index (χ3n) is 2.65. The second-order valence-electron chi connectivity index (χ2n) is 4.39. The first-order chi connectivity index (χ1) is 10.5. The summed E-state index contributed by atoms with van der Waals surface area (Å²) in [5.74, 6) is 0.145. The van der Waals surface area contributed by atoms with Gasteiger partial charge in [0.1, 0.15) is 0 Å². The fourth-order valence-electron chi connectivity index (χ4n) is 1.61. The van der Waals surface area contributed by atoms with Crippen LogP contribution in [-0.2, 0) is 16.6 Å². The first kappa shape index (κ1) is 16.3. The van der Waals surface area contributed by atoms with Gasteiger partial charge in [0.2, 0.25) is 11.8 Å². The number of hydrazine groups is 1. The Kier molecular flexibility index (Phi) is 5.40. The van der Waals surface area contributed by atoms with E-state index in [2.05, 4.69) is 21.0 Å². The van der Waals surface area contributed by atoms with Crippen molar-refractivity contribution in [3.63, 3.8) is 0 Å². The molecule has 0 saturated heterocycles. The van der Waals surface area contributed by atoms with Gasteiger partial charge in [0.15, 0.2) is 11.0 Å².